The predicted molar refractivity (Wildman–Crippen MR) is 70.4 cm³/mol. The molecule has 0 aliphatic rings. The molecule has 3 nitrogen and oxygen atoms in total. The van der Waals surface area contributed by atoms with E-state index in [1.54, 1.807) is 30.7 Å². The topological polar surface area (TPSA) is 42.9 Å². The highest BCUT2D eigenvalue weighted by atomic mass is 16.1. The molecule has 0 N–H and O–H groups in total. The Labute approximate surface area is 107 Å². The zero-order chi connectivity index (χ0) is 13.0. The van der Waals surface area contributed by atoms with Gasteiger partial charge in [0.05, 0.1) is 11.6 Å². The molecule has 1 atom stereocenters. The Morgan fingerprint density at radius 3 is 2.33 bits per heavy atom. The molecule has 0 amide bonds. The molecule has 18 heavy (non-hydrogen) atoms. The molecule has 2 aromatic rings. The van der Waals surface area contributed by atoms with Gasteiger partial charge in [-0.1, -0.05) is 19.9 Å². The van der Waals surface area contributed by atoms with Gasteiger partial charge < -0.3 is 0 Å². The van der Waals surface area contributed by atoms with Crippen molar-refractivity contribution in [1.29, 1.82) is 0 Å². The van der Waals surface area contributed by atoms with Gasteiger partial charge >= 0.3 is 0 Å². The maximum atomic E-state index is 12.5. The standard InChI is InChI=1S/C15H16N2O/c1-11(2)14(13-5-3-4-8-17-13)15(18)12-6-9-16-10-7-12/h3-11,14H,1-2H3. The number of carbonyl (C=O) groups is 1. The average molecular weight is 240 g/mol. The van der Waals surface area contributed by atoms with Crippen molar-refractivity contribution in [1.82, 2.24) is 9.97 Å². The zero-order valence-electron chi connectivity index (χ0n) is 10.6. The monoisotopic (exact) mass is 240 g/mol. The molecule has 1 unspecified atom stereocenters. The van der Waals surface area contributed by atoms with Gasteiger partial charge in [-0.05, 0) is 30.2 Å². The molecule has 0 aliphatic heterocycles. The van der Waals surface area contributed by atoms with Gasteiger partial charge in [0, 0.05) is 24.2 Å². The molecule has 0 saturated heterocycles. The third kappa shape index (κ3) is 2.62. The Balaban J connectivity index is 2.35. The normalized spacial score (nSPS) is 12.4. The molecule has 92 valence electrons. The van der Waals surface area contributed by atoms with Crippen LogP contribution in [0.1, 0.15) is 35.8 Å². The molecule has 0 spiro atoms. The number of aromatic nitrogens is 2. The van der Waals surface area contributed by atoms with E-state index < -0.39 is 0 Å². The highest BCUT2D eigenvalue weighted by molar-refractivity contribution is 6.00. The smallest absolute Gasteiger partial charge is 0.172 e. The lowest BCUT2D eigenvalue weighted by Gasteiger charge is -2.18. The van der Waals surface area contributed by atoms with Gasteiger partial charge in [-0.3, -0.25) is 14.8 Å². The Morgan fingerprint density at radius 2 is 1.78 bits per heavy atom. The van der Waals surface area contributed by atoms with Crippen LogP contribution in [0.15, 0.2) is 48.9 Å². The third-order valence-corrected chi connectivity index (χ3v) is 2.92. The molecular formula is C15H16N2O. The second kappa shape index (κ2) is 5.54. The summed E-state index contributed by atoms with van der Waals surface area (Å²) in [4.78, 5) is 20.8. The van der Waals surface area contributed by atoms with Crippen LogP contribution in [0.5, 0.6) is 0 Å². The van der Waals surface area contributed by atoms with Crippen molar-refractivity contribution in [2.24, 2.45) is 5.92 Å². The summed E-state index contributed by atoms with van der Waals surface area (Å²) >= 11 is 0. The number of rotatable bonds is 4. The van der Waals surface area contributed by atoms with Crippen LogP contribution in [-0.4, -0.2) is 15.8 Å². The summed E-state index contributed by atoms with van der Waals surface area (Å²) < 4.78 is 0. The Bertz CT molecular complexity index is 509. The zero-order valence-corrected chi connectivity index (χ0v) is 10.6. The van der Waals surface area contributed by atoms with E-state index in [2.05, 4.69) is 9.97 Å². The highest BCUT2D eigenvalue weighted by Gasteiger charge is 2.26. The molecular weight excluding hydrogens is 224 g/mol. The van der Waals surface area contributed by atoms with Gasteiger partial charge in [0.25, 0.3) is 0 Å². The van der Waals surface area contributed by atoms with Crippen LogP contribution in [0.4, 0.5) is 0 Å². The van der Waals surface area contributed by atoms with Crippen LogP contribution < -0.4 is 0 Å². The number of carbonyl (C=O) groups excluding carboxylic acids is 1. The molecule has 0 fully saturated rings. The fourth-order valence-electron chi connectivity index (χ4n) is 2.03. The number of ketones is 1. The first-order valence-corrected chi connectivity index (χ1v) is 6.05. The maximum absolute atomic E-state index is 12.5. The molecule has 3 heteroatoms. The molecule has 0 aliphatic carbocycles. The Kier molecular flexibility index (Phi) is 3.82. The molecule has 0 bridgehead atoms. The molecule has 0 saturated carbocycles. The molecule has 0 aromatic carbocycles. The van der Waals surface area contributed by atoms with Crippen LogP contribution >= 0.6 is 0 Å². The van der Waals surface area contributed by atoms with Crippen LogP contribution in [-0.2, 0) is 0 Å². The third-order valence-electron chi connectivity index (χ3n) is 2.92. The lowest BCUT2D eigenvalue weighted by atomic mass is 9.85. The van der Waals surface area contributed by atoms with Gasteiger partial charge in [-0.25, -0.2) is 0 Å². The first-order chi connectivity index (χ1) is 8.70. The lowest BCUT2D eigenvalue weighted by Crippen LogP contribution is -2.19. The summed E-state index contributed by atoms with van der Waals surface area (Å²) in [6.45, 7) is 4.08. The number of hydrogen-bond acceptors (Lipinski definition) is 3. The van der Waals surface area contributed by atoms with E-state index in [0.29, 0.717) is 5.56 Å². The summed E-state index contributed by atoms with van der Waals surface area (Å²) in [6, 6.07) is 9.18. The van der Waals surface area contributed by atoms with Gasteiger partial charge in [-0.2, -0.15) is 0 Å². The molecule has 2 aromatic heterocycles. The molecule has 2 heterocycles. The van der Waals surface area contributed by atoms with Gasteiger partial charge in [0.1, 0.15) is 0 Å². The van der Waals surface area contributed by atoms with E-state index in [0.717, 1.165) is 5.69 Å². The highest BCUT2D eigenvalue weighted by Crippen LogP contribution is 2.26. The van der Waals surface area contributed by atoms with Crippen molar-refractivity contribution in [2.75, 3.05) is 0 Å². The van der Waals surface area contributed by atoms with Crippen LogP contribution in [0.25, 0.3) is 0 Å². The number of nitrogens with zero attached hydrogens (tertiary/aromatic N) is 2. The predicted octanol–water partition coefficient (Wildman–Crippen LogP) is 3.10. The fourth-order valence-corrected chi connectivity index (χ4v) is 2.03. The van der Waals surface area contributed by atoms with Crippen molar-refractivity contribution < 1.29 is 4.79 Å². The fraction of sp³-hybridized carbons (Fsp3) is 0.267. The summed E-state index contributed by atoms with van der Waals surface area (Å²) in [7, 11) is 0. The largest absolute Gasteiger partial charge is 0.293 e. The lowest BCUT2D eigenvalue weighted by molar-refractivity contribution is 0.0935. The van der Waals surface area contributed by atoms with E-state index in [9.17, 15) is 4.79 Å². The number of pyridine rings is 2. The van der Waals surface area contributed by atoms with Crippen molar-refractivity contribution >= 4 is 5.78 Å². The van der Waals surface area contributed by atoms with E-state index in [1.807, 2.05) is 32.0 Å². The minimum absolute atomic E-state index is 0.103. The SMILES string of the molecule is CC(C)C(C(=O)c1ccncc1)c1ccccn1. The first kappa shape index (κ1) is 12.4. The van der Waals surface area contributed by atoms with Crippen molar-refractivity contribution in [3.8, 4) is 0 Å². The van der Waals surface area contributed by atoms with Gasteiger partial charge in [-0.15, -0.1) is 0 Å². The quantitative estimate of drug-likeness (QED) is 0.771. The van der Waals surface area contributed by atoms with Crippen molar-refractivity contribution in [3.05, 3.63) is 60.2 Å². The summed E-state index contributed by atoms with van der Waals surface area (Å²) in [5.74, 6) is 0.111. The van der Waals surface area contributed by atoms with E-state index in [-0.39, 0.29) is 17.6 Å². The van der Waals surface area contributed by atoms with Crippen LogP contribution in [0.2, 0.25) is 0 Å². The first-order valence-electron chi connectivity index (χ1n) is 6.05. The van der Waals surface area contributed by atoms with Crippen molar-refractivity contribution in [2.45, 2.75) is 19.8 Å². The molecule has 2 rings (SSSR count). The number of hydrogen-bond donors (Lipinski definition) is 0. The van der Waals surface area contributed by atoms with E-state index in [4.69, 9.17) is 0 Å². The molecule has 0 radical (unpaired) electrons. The minimum Gasteiger partial charge on any atom is -0.293 e. The second-order valence-electron chi connectivity index (χ2n) is 4.58. The maximum Gasteiger partial charge on any atom is 0.172 e. The van der Waals surface area contributed by atoms with Crippen molar-refractivity contribution in [3.63, 3.8) is 0 Å². The van der Waals surface area contributed by atoms with E-state index in [1.165, 1.54) is 0 Å². The van der Waals surface area contributed by atoms with Crippen LogP contribution in [0, 0.1) is 5.92 Å². The number of Topliss-reactive ketones (excluding diaryl/α,β-unsaturated/α-hetero) is 1. The average Bonchev–Trinajstić information content (AvgIpc) is 2.40. The summed E-state index contributed by atoms with van der Waals surface area (Å²) in [6.07, 6.45) is 5.01. The van der Waals surface area contributed by atoms with Crippen LogP contribution in [0.3, 0.4) is 0 Å². The summed E-state index contributed by atoms with van der Waals surface area (Å²) in [5.41, 5.74) is 1.52. The minimum atomic E-state index is -0.200. The Morgan fingerprint density at radius 1 is 1.06 bits per heavy atom. The second-order valence-corrected chi connectivity index (χ2v) is 4.58. The van der Waals surface area contributed by atoms with E-state index >= 15 is 0 Å². The van der Waals surface area contributed by atoms with Gasteiger partial charge in [0.15, 0.2) is 5.78 Å². The Hall–Kier alpha value is -2.03. The van der Waals surface area contributed by atoms with Gasteiger partial charge in [0.2, 0.25) is 0 Å². The summed E-state index contributed by atoms with van der Waals surface area (Å²) in [5, 5.41) is 0.